The average Bonchev–Trinajstić information content (AvgIpc) is 3.24. The van der Waals surface area contributed by atoms with Gasteiger partial charge < -0.3 is 14.8 Å². The van der Waals surface area contributed by atoms with E-state index in [-0.39, 0.29) is 10.8 Å². The van der Waals surface area contributed by atoms with Gasteiger partial charge in [0.1, 0.15) is 19.3 Å². The predicted octanol–water partition coefficient (Wildman–Crippen LogP) is 2.97. The Balaban J connectivity index is 1.56. The highest BCUT2D eigenvalue weighted by Gasteiger charge is 2.39. The lowest BCUT2D eigenvalue weighted by atomic mass is 10.2. The molecule has 2 heterocycles. The molecule has 1 atom stereocenters. The topological polar surface area (TPSA) is 84.9 Å². The van der Waals surface area contributed by atoms with Gasteiger partial charge >= 0.3 is 0 Å². The predicted molar refractivity (Wildman–Crippen MR) is 111 cm³/mol. The normalized spacial score (nSPS) is 19.1. The second kappa shape index (κ2) is 8.25. The van der Waals surface area contributed by atoms with E-state index in [2.05, 4.69) is 5.32 Å². The van der Waals surface area contributed by atoms with Crippen LogP contribution in [0, 0.1) is 0 Å². The van der Waals surface area contributed by atoms with Crippen LogP contribution in [0.25, 0.3) is 0 Å². The number of hydrogen-bond donors (Lipinski definition) is 1. The second-order valence-electron chi connectivity index (χ2n) is 6.80. The van der Waals surface area contributed by atoms with E-state index in [1.54, 1.807) is 23.9 Å². The molecule has 0 radical (unpaired) electrons. The van der Waals surface area contributed by atoms with Gasteiger partial charge in [-0.2, -0.15) is 4.31 Å². The fourth-order valence-electron chi connectivity index (χ4n) is 3.54. The molecule has 0 aromatic heterocycles. The molecule has 1 amide bonds. The Hall–Kier alpha value is -2.23. The van der Waals surface area contributed by atoms with E-state index in [0.717, 1.165) is 4.90 Å². The van der Waals surface area contributed by atoms with Crippen LogP contribution in [0.5, 0.6) is 11.5 Å². The van der Waals surface area contributed by atoms with Crippen LogP contribution >= 0.6 is 11.8 Å². The van der Waals surface area contributed by atoms with Crippen molar-refractivity contribution in [3.63, 3.8) is 0 Å². The van der Waals surface area contributed by atoms with Crippen molar-refractivity contribution in [3.05, 3.63) is 42.5 Å². The number of fused-ring (bicyclic) bond motifs is 1. The highest BCUT2D eigenvalue weighted by molar-refractivity contribution is 7.98. The van der Waals surface area contributed by atoms with Crippen molar-refractivity contribution in [2.24, 2.45) is 0 Å². The minimum absolute atomic E-state index is 0.103. The monoisotopic (exact) mass is 434 g/mol. The summed E-state index contributed by atoms with van der Waals surface area (Å²) in [6, 6.07) is 11.3. The largest absolute Gasteiger partial charge is 0.486 e. The van der Waals surface area contributed by atoms with Gasteiger partial charge in [-0.15, -0.1) is 11.8 Å². The number of anilines is 1. The summed E-state index contributed by atoms with van der Waals surface area (Å²) in [5.74, 6) is 0.618. The number of amides is 1. The molecule has 1 N–H and O–H groups in total. The number of benzene rings is 2. The van der Waals surface area contributed by atoms with Gasteiger partial charge in [0.25, 0.3) is 0 Å². The van der Waals surface area contributed by atoms with Crippen molar-refractivity contribution in [3.8, 4) is 11.5 Å². The van der Waals surface area contributed by atoms with Crippen molar-refractivity contribution >= 4 is 33.4 Å². The number of rotatable bonds is 5. The Morgan fingerprint density at radius 2 is 1.93 bits per heavy atom. The SMILES string of the molecule is CSc1cccc(NC(=O)[C@@H]2CCCN2S(=O)(=O)c2ccc3c(c2)OCCO3)c1. The summed E-state index contributed by atoms with van der Waals surface area (Å²) in [5.41, 5.74) is 0.658. The van der Waals surface area contributed by atoms with E-state index >= 15 is 0 Å². The van der Waals surface area contributed by atoms with Crippen molar-refractivity contribution in [1.29, 1.82) is 0 Å². The first-order valence-corrected chi connectivity index (χ1v) is 12.0. The number of carbonyl (C=O) groups is 1. The van der Waals surface area contributed by atoms with Gasteiger partial charge in [0, 0.05) is 23.2 Å². The lowest BCUT2D eigenvalue weighted by Gasteiger charge is -2.24. The molecule has 0 saturated carbocycles. The van der Waals surface area contributed by atoms with Crippen LogP contribution in [0.2, 0.25) is 0 Å². The number of ether oxygens (including phenoxy) is 2. The average molecular weight is 435 g/mol. The first-order chi connectivity index (χ1) is 14.0. The molecule has 2 aliphatic heterocycles. The Labute approximate surface area is 174 Å². The molecule has 7 nitrogen and oxygen atoms in total. The van der Waals surface area contributed by atoms with Crippen molar-refractivity contribution < 1.29 is 22.7 Å². The van der Waals surface area contributed by atoms with Crippen LogP contribution in [0.3, 0.4) is 0 Å². The smallest absolute Gasteiger partial charge is 0.243 e. The lowest BCUT2D eigenvalue weighted by molar-refractivity contribution is -0.119. The highest BCUT2D eigenvalue weighted by atomic mass is 32.2. The molecule has 2 aromatic rings. The molecule has 9 heteroatoms. The van der Waals surface area contributed by atoms with E-state index < -0.39 is 16.1 Å². The number of sulfonamides is 1. The fraction of sp³-hybridized carbons (Fsp3) is 0.350. The molecule has 4 rings (SSSR count). The molecule has 1 fully saturated rings. The van der Waals surface area contributed by atoms with Crippen LogP contribution in [0.1, 0.15) is 12.8 Å². The van der Waals surface area contributed by atoms with Gasteiger partial charge in [0.05, 0.1) is 4.90 Å². The minimum Gasteiger partial charge on any atom is -0.486 e. The fourth-order valence-corrected chi connectivity index (χ4v) is 5.67. The van der Waals surface area contributed by atoms with E-state index in [1.165, 1.54) is 16.4 Å². The van der Waals surface area contributed by atoms with Gasteiger partial charge in [-0.05, 0) is 49.4 Å². The summed E-state index contributed by atoms with van der Waals surface area (Å²) in [6.07, 6.45) is 3.07. The van der Waals surface area contributed by atoms with Crippen LogP contribution in [-0.4, -0.2) is 50.7 Å². The zero-order valence-corrected chi connectivity index (χ0v) is 17.6. The highest BCUT2D eigenvalue weighted by Crippen LogP contribution is 2.35. The molecular formula is C20H22N2O5S2. The van der Waals surface area contributed by atoms with Crippen molar-refractivity contribution in [1.82, 2.24) is 4.31 Å². The molecule has 0 unspecified atom stereocenters. The van der Waals surface area contributed by atoms with Crippen LogP contribution < -0.4 is 14.8 Å². The maximum absolute atomic E-state index is 13.2. The molecule has 2 aliphatic rings. The van der Waals surface area contributed by atoms with Gasteiger partial charge in [0.15, 0.2) is 11.5 Å². The number of thioether (sulfide) groups is 1. The van der Waals surface area contributed by atoms with Crippen LogP contribution in [0.15, 0.2) is 52.3 Å². The summed E-state index contributed by atoms with van der Waals surface area (Å²) in [6.45, 7) is 1.12. The third-order valence-corrected chi connectivity index (χ3v) is 7.59. The molecular weight excluding hydrogens is 412 g/mol. The third-order valence-electron chi connectivity index (χ3n) is 4.96. The zero-order chi connectivity index (χ0) is 20.4. The Kier molecular flexibility index (Phi) is 5.71. The van der Waals surface area contributed by atoms with E-state index in [1.807, 2.05) is 24.5 Å². The quantitative estimate of drug-likeness (QED) is 0.729. The molecule has 0 spiro atoms. The molecule has 0 aliphatic carbocycles. The second-order valence-corrected chi connectivity index (χ2v) is 9.57. The van der Waals surface area contributed by atoms with E-state index in [0.29, 0.717) is 49.8 Å². The Morgan fingerprint density at radius 1 is 1.14 bits per heavy atom. The Morgan fingerprint density at radius 3 is 2.72 bits per heavy atom. The maximum atomic E-state index is 13.2. The first-order valence-electron chi connectivity index (χ1n) is 9.35. The minimum atomic E-state index is -3.84. The molecule has 2 aromatic carbocycles. The molecule has 0 bridgehead atoms. The zero-order valence-electron chi connectivity index (χ0n) is 16.0. The third kappa shape index (κ3) is 4.08. The van der Waals surface area contributed by atoms with E-state index in [4.69, 9.17) is 9.47 Å². The van der Waals surface area contributed by atoms with Gasteiger partial charge in [-0.25, -0.2) is 8.42 Å². The van der Waals surface area contributed by atoms with Crippen molar-refractivity contribution in [2.45, 2.75) is 28.7 Å². The van der Waals surface area contributed by atoms with Gasteiger partial charge in [-0.1, -0.05) is 6.07 Å². The summed E-state index contributed by atoms with van der Waals surface area (Å²) < 4.78 is 38.7. The number of carbonyl (C=O) groups excluding carboxylic acids is 1. The number of hydrogen-bond acceptors (Lipinski definition) is 6. The summed E-state index contributed by atoms with van der Waals surface area (Å²) in [5, 5.41) is 2.86. The maximum Gasteiger partial charge on any atom is 0.243 e. The van der Waals surface area contributed by atoms with Crippen molar-refractivity contribution in [2.75, 3.05) is 31.3 Å². The molecule has 154 valence electrons. The molecule has 1 saturated heterocycles. The van der Waals surface area contributed by atoms with Gasteiger partial charge in [0.2, 0.25) is 15.9 Å². The van der Waals surface area contributed by atoms with Crippen LogP contribution in [-0.2, 0) is 14.8 Å². The summed E-state index contributed by atoms with van der Waals surface area (Å²) >= 11 is 1.58. The first kappa shape index (κ1) is 20.1. The summed E-state index contributed by atoms with van der Waals surface area (Å²) in [4.78, 5) is 14.0. The van der Waals surface area contributed by atoms with Crippen LogP contribution in [0.4, 0.5) is 5.69 Å². The van der Waals surface area contributed by atoms with Gasteiger partial charge in [-0.3, -0.25) is 4.79 Å². The lowest BCUT2D eigenvalue weighted by Crippen LogP contribution is -2.43. The summed E-state index contributed by atoms with van der Waals surface area (Å²) in [7, 11) is -3.84. The Bertz CT molecular complexity index is 1030. The molecule has 29 heavy (non-hydrogen) atoms. The standard InChI is InChI=1S/C20H22N2O5S2/c1-28-15-5-2-4-14(12-15)21-20(23)17-6-3-9-22(17)29(24,25)16-7-8-18-19(13-16)27-11-10-26-18/h2,4-5,7-8,12-13,17H,3,6,9-11H2,1H3,(H,21,23)/t17-/m0/s1. The van der Waals surface area contributed by atoms with E-state index in [9.17, 15) is 13.2 Å². The number of nitrogens with zero attached hydrogens (tertiary/aromatic N) is 1. The number of nitrogens with one attached hydrogen (secondary N) is 1.